The second-order valence-electron chi connectivity index (χ2n) is 8.11. The number of likely N-dealkylation sites (tertiary alicyclic amines) is 1. The average Bonchev–Trinajstić information content (AvgIpc) is 3.13. The molecule has 0 aliphatic carbocycles. The van der Waals surface area contributed by atoms with Crippen molar-refractivity contribution in [3.8, 4) is 17.2 Å². The van der Waals surface area contributed by atoms with Gasteiger partial charge in [-0.15, -0.1) is 0 Å². The Hall–Kier alpha value is -2.94. The molecule has 2 aromatic carbocycles. The number of ether oxygens (including phenoxy) is 3. The molecule has 10 heteroatoms. The summed E-state index contributed by atoms with van der Waals surface area (Å²) in [5.74, 6) is -0.713. The topological polar surface area (TPSA) is 88.5 Å². The van der Waals surface area contributed by atoms with Crippen LogP contribution in [-0.4, -0.2) is 74.1 Å². The first-order valence-electron chi connectivity index (χ1n) is 11.5. The van der Waals surface area contributed by atoms with Crippen LogP contribution in [0.2, 0.25) is 10.0 Å². The van der Waals surface area contributed by atoms with Crippen molar-refractivity contribution in [2.45, 2.75) is 19.9 Å². The highest BCUT2D eigenvalue weighted by Crippen LogP contribution is 2.43. The van der Waals surface area contributed by atoms with Gasteiger partial charge in [-0.3, -0.25) is 9.59 Å². The number of Topliss-reactive ketones (excluding diaryl/α,β-unsaturated/α-hetero) is 1. The van der Waals surface area contributed by atoms with Crippen LogP contribution in [0, 0.1) is 0 Å². The fourth-order valence-corrected chi connectivity index (χ4v) is 4.96. The molecule has 1 unspecified atom stereocenters. The zero-order valence-corrected chi connectivity index (χ0v) is 22.4. The molecule has 3 rings (SSSR count). The van der Waals surface area contributed by atoms with E-state index in [2.05, 4.69) is 4.90 Å². The minimum Gasteiger partial charge on any atom is -0.507 e. The second kappa shape index (κ2) is 11.9. The Morgan fingerprint density at radius 3 is 2.11 bits per heavy atom. The van der Waals surface area contributed by atoms with Crippen LogP contribution in [0.15, 0.2) is 35.9 Å². The fourth-order valence-electron chi connectivity index (χ4n) is 4.32. The number of nitrogens with zero attached hydrogens (tertiary/aromatic N) is 2. The molecule has 2 aromatic rings. The summed E-state index contributed by atoms with van der Waals surface area (Å²) >= 11 is 12.6. The number of methoxy groups -OCH3 is 3. The number of benzene rings is 2. The summed E-state index contributed by atoms with van der Waals surface area (Å²) in [6.07, 6.45) is 0. The summed E-state index contributed by atoms with van der Waals surface area (Å²) < 4.78 is 16.0. The molecule has 1 heterocycles. The maximum absolute atomic E-state index is 13.3. The number of halogens is 2. The number of rotatable bonds is 10. The fraction of sp³-hybridized carbons (Fsp3) is 0.385. The normalized spacial score (nSPS) is 17.1. The molecule has 194 valence electrons. The van der Waals surface area contributed by atoms with Gasteiger partial charge in [0, 0.05) is 18.7 Å². The molecule has 0 aromatic heterocycles. The number of aliphatic hydroxyl groups is 1. The molecule has 1 aliphatic heterocycles. The predicted molar refractivity (Wildman–Crippen MR) is 139 cm³/mol. The Balaban J connectivity index is 2.20. The molecule has 0 spiro atoms. The highest BCUT2D eigenvalue weighted by molar-refractivity contribution is 6.46. The Morgan fingerprint density at radius 1 is 0.972 bits per heavy atom. The van der Waals surface area contributed by atoms with Crippen molar-refractivity contribution >= 4 is 40.7 Å². The summed E-state index contributed by atoms with van der Waals surface area (Å²) in [5, 5.41) is 11.6. The van der Waals surface area contributed by atoms with E-state index in [9.17, 15) is 14.7 Å². The van der Waals surface area contributed by atoms with Gasteiger partial charge in [0.1, 0.15) is 5.76 Å². The molecule has 1 fully saturated rings. The number of likely N-dealkylation sites (N-methyl/N-ethyl adjacent to an activating group) is 1. The van der Waals surface area contributed by atoms with E-state index >= 15 is 0 Å². The minimum absolute atomic E-state index is 0.0657. The van der Waals surface area contributed by atoms with Crippen LogP contribution < -0.4 is 14.2 Å². The smallest absolute Gasteiger partial charge is 0.295 e. The van der Waals surface area contributed by atoms with E-state index < -0.39 is 17.7 Å². The van der Waals surface area contributed by atoms with Gasteiger partial charge in [0.15, 0.2) is 17.2 Å². The molecule has 1 atom stereocenters. The zero-order valence-electron chi connectivity index (χ0n) is 20.9. The van der Waals surface area contributed by atoms with Gasteiger partial charge in [-0.25, -0.2) is 0 Å². The Kier molecular flexibility index (Phi) is 9.11. The highest BCUT2D eigenvalue weighted by Gasteiger charge is 2.46. The van der Waals surface area contributed by atoms with Gasteiger partial charge < -0.3 is 29.1 Å². The molecule has 0 saturated carbocycles. The van der Waals surface area contributed by atoms with Crippen LogP contribution in [-0.2, 0) is 9.59 Å². The summed E-state index contributed by atoms with van der Waals surface area (Å²) in [6, 6.07) is 7.15. The van der Waals surface area contributed by atoms with Gasteiger partial charge in [0.2, 0.25) is 0 Å². The number of aliphatic hydroxyl groups excluding tert-OH is 1. The lowest BCUT2D eigenvalue weighted by Crippen LogP contribution is -2.38. The van der Waals surface area contributed by atoms with E-state index in [-0.39, 0.29) is 39.2 Å². The van der Waals surface area contributed by atoms with Crippen LogP contribution in [0.25, 0.3) is 5.76 Å². The third kappa shape index (κ3) is 5.26. The van der Waals surface area contributed by atoms with Crippen molar-refractivity contribution in [1.82, 2.24) is 9.80 Å². The Labute approximate surface area is 220 Å². The summed E-state index contributed by atoms with van der Waals surface area (Å²) in [4.78, 5) is 30.1. The first-order valence-corrected chi connectivity index (χ1v) is 12.2. The SMILES string of the molecule is CCN(CC)CCN1C(=O)C(=O)/C(=C(/O)c2cc(Cl)c(OC)c(Cl)c2)C1c1ccc(OC)c(OC)c1. The van der Waals surface area contributed by atoms with Crippen molar-refractivity contribution in [2.24, 2.45) is 0 Å². The van der Waals surface area contributed by atoms with Crippen molar-refractivity contribution in [3.05, 3.63) is 57.1 Å². The number of amides is 1. The van der Waals surface area contributed by atoms with E-state index in [4.69, 9.17) is 37.4 Å². The van der Waals surface area contributed by atoms with Gasteiger partial charge in [-0.1, -0.05) is 43.1 Å². The van der Waals surface area contributed by atoms with Crippen LogP contribution in [0.5, 0.6) is 17.2 Å². The molecular weight excluding hydrogens is 507 g/mol. The molecule has 8 nitrogen and oxygen atoms in total. The maximum Gasteiger partial charge on any atom is 0.295 e. The number of hydrogen-bond donors (Lipinski definition) is 1. The highest BCUT2D eigenvalue weighted by atomic mass is 35.5. The second-order valence-corrected chi connectivity index (χ2v) is 8.92. The molecule has 0 radical (unpaired) electrons. The van der Waals surface area contributed by atoms with Crippen molar-refractivity contribution in [3.63, 3.8) is 0 Å². The minimum atomic E-state index is -0.861. The van der Waals surface area contributed by atoms with Crippen LogP contribution in [0.4, 0.5) is 0 Å². The quantitative estimate of drug-likeness (QED) is 0.265. The number of carbonyl (C=O) groups is 2. The van der Waals surface area contributed by atoms with Crippen LogP contribution in [0.3, 0.4) is 0 Å². The first-order chi connectivity index (χ1) is 17.2. The third-order valence-corrected chi connectivity index (χ3v) is 6.85. The van der Waals surface area contributed by atoms with E-state index in [1.807, 2.05) is 13.8 Å². The van der Waals surface area contributed by atoms with Crippen molar-refractivity contribution in [2.75, 3.05) is 47.5 Å². The standard InChI is InChI=1S/C26H30Cl2N2O6/c1-6-29(7-2)10-11-30-22(15-8-9-19(34-3)20(14-15)35-4)21(24(32)26(30)33)23(31)16-12-17(27)25(36-5)18(28)13-16/h8-9,12-14,22,31H,6-7,10-11H2,1-5H3/b23-21+. The largest absolute Gasteiger partial charge is 0.507 e. The average molecular weight is 537 g/mol. The van der Waals surface area contributed by atoms with Crippen LogP contribution >= 0.6 is 23.2 Å². The van der Waals surface area contributed by atoms with Gasteiger partial charge >= 0.3 is 0 Å². The number of hydrogen-bond acceptors (Lipinski definition) is 7. The van der Waals surface area contributed by atoms with E-state index in [0.29, 0.717) is 23.6 Å². The molecule has 0 bridgehead atoms. The van der Waals surface area contributed by atoms with Crippen molar-refractivity contribution in [1.29, 1.82) is 0 Å². The lowest BCUT2D eigenvalue weighted by atomic mass is 9.95. The summed E-state index contributed by atoms with van der Waals surface area (Å²) in [6.45, 7) is 6.49. The predicted octanol–water partition coefficient (Wildman–Crippen LogP) is 4.78. The Morgan fingerprint density at radius 2 is 1.58 bits per heavy atom. The molecular formula is C26H30Cl2N2O6. The zero-order chi connectivity index (χ0) is 26.6. The lowest BCUT2D eigenvalue weighted by Gasteiger charge is -2.28. The molecule has 1 saturated heterocycles. The number of ketones is 1. The molecule has 1 N–H and O–H groups in total. The Bertz CT molecular complexity index is 1160. The van der Waals surface area contributed by atoms with Gasteiger partial charge in [-0.2, -0.15) is 0 Å². The van der Waals surface area contributed by atoms with E-state index in [0.717, 1.165) is 13.1 Å². The summed E-state index contributed by atoms with van der Waals surface area (Å²) in [7, 11) is 4.44. The maximum atomic E-state index is 13.3. The molecule has 36 heavy (non-hydrogen) atoms. The first kappa shape index (κ1) is 27.6. The molecule has 1 amide bonds. The molecule has 1 aliphatic rings. The summed E-state index contributed by atoms with van der Waals surface area (Å²) in [5.41, 5.74) is 0.709. The van der Waals surface area contributed by atoms with E-state index in [1.165, 1.54) is 38.4 Å². The van der Waals surface area contributed by atoms with Crippen LogP contribution in [0.1, 0.15) is 31.0 Å². The lowest BCUT2D eigenvalue weighted by molar-refractivity contribution is -0.140. The monoisotopic (exact) mass is 536 g/mol. The number of carbonyl (C=O) groups excluding carboxylic acids is 2. The third-order valence-electron chi connectivity index (χ3n) is 6.29. The van der Waals surface area contributed by atoms with Gasteiger partial charge in [-0.05, 0) is 42.9 Å². The van der Waals surface area contributed by atoms with E-state index in [1.54, 1.807) is 18.2 Å². The van der Waals surface area contributed by atoms with Gasteiger partial charge in [0.05, 0.1) is 43.0 Å². The van der Waals surface area contributed by atoms with Gasteiger partial charge in [0.25, 0.3) is 11.7 Å². The van der Waals surface area contributed by atoms with Crippen molar-refractivity contribution < 1.29 is 28.9 Å².